The van der Waals surface area contributed by atoms with E-state index in [4.69, 9.17) is 5.11 Å². The predicted molar refractivity (Wildman–Crippen MR) is 53.6 cm³/mol. The number of aliphatic carboxylic acids is 1. The largest absolute Gasteiger partial charge is 0.478 e. The van der Waals surface area contributed by atoms with E-state index >= 15 is 0 Å². The van der Waals surface area contributed by atoms with E-state index in [1.165, 1.54) is 0 Å². The maximum Gasteiger partial charge on any atom is 0.327 e. The van der Waals surface area contributed by atoms with Crippen molar-refractivity contribution in [3.8, 4) is 0 Å². The van der Waals surface area contributed by atoms with Crippen molar-refractivity contribution in [3.05, 3.63) is 25.5 Å². The monoisotopic (exact) mass is 200 g/mol. The molecule has 0 aromatic heterocycles. The quantitative estimate of drug-likeness (QED) is 0.420. The third-order valence-corrected chi connectivity index (χ3v) is 0.977. The summed E-state index contributed by atoms with van der Waals surface area (Å²) < 4.78 is 4.53. The summed E-state index contributed by atoms with van der Waals surface area (Å²) in [5.74, 6) is -1.23. The van der Waals surface area contributed by atoms with E-state index in [1.54, 1.807) is 20.8 Å². The molecule has 0 radical (unpaired) electrons. The van der Waals surface area contributed by atoms with Gasteiger partial charge in [0.15, 0.2) is 0 Å². The molecular formula is C10H16O4. The second-order valence-electron chi connectivity index (χ2n) is 3.36. The van der Waals surface area contributed by atoms with E-state index in [-0.39, 0.29) is 5.97 Å². The minimum atomic E-state index is -0.981. The zero-order chi connectivity index (χ0) is 11.8. The van der Waals surface area contributed by atoms with Gasteiger partial charge in [-0.3, -0.25) is 4.79 Å². The maximum absolute atomic E-state index is 10.8. The van der Waals surface area contributed by atoms with Gasteiger partial charge in [0.05, 0.1) is 11.7 Å². The number of carbonyl (C=O) groups excluding carboxylic acids is 1. The van der Waals surface area contributed by atoms with Gasteiger partial charge in [-0.05, 0) is 20.8 Å². The lowest BCUT2D eigenvalue weighted by molar-refractivity contribution is -0.146. The number of ether oxygens (including phenoxy) is 1. The summed E-state index contributed by atoms with van der Waals surface area (Å²) in [7, 11) is 0. The first-order chi connectivity index (χ1) is 6.25. The standard InChI is InChI=1S/C7H12O2.C3H4O2/c1-5-9-6(8)7(2,3)4;1-2-3(4)5/h5H,1H2,2-4H3;2H,1H2,(H,4,5). The number of hydrogen-bond donors (Lipinski definition) is 1. The highest BCUT2D eigenvalue weighted by Gasteiger charge is 2.21. The lowest BCUT2D eigenvalue weighted by atomic mass is 9.98. The Morgan fingerprint density at radius 3 is 1.71 bits per heavy atom. The van der Waals surface area contributed by atoms with Crippen LogP contribution in [-0.2, 0) is 14.3 Å². The molecule has 0 aromatic rings. The Balaban J connectivity index is 0. The van der Waals surface area contributed by atoms with Gasteiger partial charge in [-0.15, -0.1) is 0 Å². The second-order valence-corrected chi connectivity index (χ2v) is 3.36. The van der Waals surface area contributed by atoms with Gasteiger partial charge in [0.2, 0.25) is 0 Å². The van der Waals surface area contributed by atoms with Gasteiger partial charge in [-0.2, -0.15) is 0 Å². The number of carboxylic acids is 1. The van der Waals surface area contributed by atoms with E-state index in [0.29, 0.717) is 0 Å². The molecule has 0 saturated heterocycles. The van der Waals surface area contributed by atoms with Crippen molar-refractivity contribution >= 4 is 11.9 Å². The molecule has 0 rings (SSSR count). The fraction of sp³-hybridized carbons (Fsp3) is 0.400. The van der Waals surface area contributed by atoms with Gasteiger partial charge in [0.25, 0.3) is 0 Å². The number of rotatable bonds is 2. The molecule has 4 nitrogen and oxygen atoms in total. The molecule has 0 bridgehead atoms. The highest BCUT2D eigenvalue weighted by Crippen LogP contribution is 2.14. The van der Waals surface area contributed by atoms with E-state index in [2.05, 4.69) is 17.9 Å². The third kappa shape index (κ3) is 10.4. The Labute approximate surface area is 83.9 Å². The van der Waals surface area contributed by atoms with E-state index in [1.807, 2.05) is 0 Å². The van der Waals surface area contributed by atoms with Crippen molar-refractivity contribution in [2.45, 2.75) is 20.8 Å². The van der Waals surface area contributed by atoms with E-state index in [0.717, 1.165) is 12.3 Å². The lowest BCUT2D eigenvalue weighted by Crippen LogP contribution is -2.20. The molecule has 14 heavy (non-hydrogen) atoms. The average molecular weight is 200 g/mol. The summed E-state index contributed by atoms with van der Waals surface area (Å²) in [5, 5.41) is 7.60. The molecule has 0 aromatic carbocycles. The topological polar surface area (TPSA) is 63.6 Å². The van der Waals surface area contributed by atoms with Crippen LogP contribution in [0.5, 0.6) is 0 Å². The van der Waals surface area contributed by atoms with Crippen molar-refractivity contribution < 1.29 is 19.4 Å². The second kappa shape index (κ2) is 6.88. The molecule has 0 fully saturated rings. The molecule has 0 heterocycles. The van der Waals surface area contributed by atoms with Crippen molar-refractivity contribution in [2.75, 3.05) is 0 Å². The molecule has 0 aliphatic heterocycles. The lowest BCUT2D eigenvalue weighted by Gasteiger charge is -2.13. The zero-order valence-electron chi connectivity index (χ0n) is 8.74. The fourth-order valence-corrected chi connectivity index (χ4v) is 0.252. The van der Waals surface area contributed by atoms with E-state index < -0.39 is 11.4 Å². The molecule has 1 N–H and O–H groups in total. The van der Waals surface area contributed by atoms with Crippen LogP contribution < -0.4 is 0 Å². The van der Waals surface area contributed by atoms with Gasteiger partial charge in [-0.1, -0.05) is 13.2 Å². The SMILES string of the molecule is C=CC(=O)O.C=COC(=O)C(C)(C)C. The molecule has 0 amide bonds. The highest BCUT2D eigenvalue weighted by molar-refractivity contribution is 5.78. The molecule has 0 saturated carbocycles. The average Bonchev–Trinajstić information content (AvgIpc) is 2.04. The van der Waals surface area contributed by atoms with Crippen molar-refractivity contribution in [3.63, 3.8) is 0 Å². The normalized spacial score (nSPS) is 9.07. The first kappa shape index (κ1) is 14.9. The first-order valence-corrected chi connectivity index (χ1v) is 3.93. The Morgan fingerprint density at radius 2 is 1.64 bits per heavy atom. The summed E-state index contributed by atoms with van der Waals surface area (Å²) in [5.41, 5.74) is -0.422. The summed E-state index contributed by atoms with van der Waals surface area (Å²) in [4.78, 5) is 20.0. The number of hydrogen-bond acceptors (Lipinski definition) is 3. The van der Waals surface area contributed by atoms with Crippen LogP contribution in [0, 0.1) is 5.41 Å². The van der Waals surface area contributed by atoms with Gasteiger partial charge in [-0.25, -0.2) is 4.79 Å². The summed E-state index contributed by atoms with van der Waals surface area (Å²) in [6.07, 6.45) is 1.98. The zero-order valence-corrected chi connectivity index (χ0v) is 8.74. The van der Waals surface area contributed by atoms with Gasteiger partial charge in [0, 0.05) is 6.08 Å². The van der Waals surface area contributed by atoms with Crippen LogP contribution in [0.1, 0.15) is 20.8 Å². The Morgan fingerprint density at radius 1 is 1.29 bits per heavy atom. The van der Waals surface area contributed by atoms with Crippen LogP contribution in [0.2, 0.25) is 0 Å². The van der Waals surface area contributed by atoms with Crippen LogP contribution in [0.15, 0.2) is 25.5 Å². The van der Waals surface area contributed by atoms with Gasteiger partial charge >= 0.3 is 11.9 Å². The molecule has 80 valence electrons. The summed E-state index contributed by atoms with van der Waals surface area (Å²) in [6.45, 7) is 11.6. The smallest absolute Gasteiger partial charge is 0.327 e. The molecule has 4 heteroatoms. The minimum absolute atomic E-state index is 0.252. The number of carbonyl (C=O) groups is 2. The molecule has 0 aliphatic carbocycles. The van der Waals surface area contributed by atoms with Crippen molar-refractivity contribution in [1.82, 2.24) is 0 Å². The Kier molecular flexibility index (Phi) is 7.34. The molecule has 0 unspecified atom stereocenters. The van der Waals surface area contributed by atoms with Crippen molar-refractivity contribution in [2.24, 2.45) is 5.41 Å². The minimum Gasteiger partial charge on any atom is -0.478 e. The third-order valence-electron chi connectivity index (χ3n) is 0.977. The maximum atomic E-state index is 10.8. The van der Waals surface area contributed by atoms with Crippen LogP contribution in [-0.4, -0.2) is 17.0 Å². The van der Waals surface area contributed by atoms with Crippen LogP contribution in [0.4, 0.5) is 0 Å². The van der Waals surface area contributed by atoms with Crippen LogP contribution in [0.25, 0.3) is 0 Å². The Bertz CT molecular complexity index is 223. The predicted octanol–water partition coefficient (Wildman–Crippen LogP) is 1.98. The van der Waals surface area contributed by atoms with Gasteiger partial charge < -0.3 is 9.84 Å². The molecule has 0 spiro atoms. The molecule has 0 aliphatic rings. The van der Waals surface area contributed by atoms with Crippen LogP contribution in [0.3, 0.4) is 0 Å². The number of esters is 1. The summed E-state index contributed by atoms with van der Waals surface area (Å²) in [6, 6.07) is 0. The van der Waals surface area contributed by atoms with E-state index in [9.17, 15) is 9.59 Å². The highest BCUT2D eigenvalue weighted by atomic mass is 16.5. The van der Waals surface area contributed by atoms with Crippen LogP contribution >= 0.6 is 0 Å². The summed E-state index contributed by atoms with van der Waals surface area (Å²) >= 11 is 0. The molecule has 0 atom stereocenters. The Hall–Kier alpha value is -1.58. The molecular weight excluding hydrogens is 184 g/mol. The van der Waals surface area contributed by atoms with Gasteiger partial charge in [0.1, 0.15) is 0 Å². The fourth-order valence-electron chi connectivity index (χ4n) is 0.252. The van der Waals surface area contributed by atoms with Crippen molar-refractivity contribution in [1.29, 1.82) is 0 Å². The number of carboxylic acid groups (broad SMARTS) is 1. The first-order valence-electron chi connectivity index (χ1n) is 3.93.